The number of rotatable bonds is 1. The zero-order valence-corrected chi connectivity index (χ0v) is 8.72. The van der Waals surface area contributed by atoms with Crippen LogP contribution < -0.4 is 5.73 Å². The molecule has 1 aromatic heterocycles. The minimum Gasteiger partial charge on any atom is -0.351 e. The van der Waals surface area contributed by atoms with E-state index in [9.17, 15) is 4.79 Å². The maximum atomic E-state index is 11.8. The summed E-state index contributed by atoms with van der Waals surface area (Å²) in [7, 11) is 0. The van der Waals surface area contributed by atoms with E-state index in [1.807, 2.05) is 0 Å². The van der Waals surface area contributed by atoms with E-state index in [0.29, 0.717) is 12.5 Å². The first-order valence-electron chi connectivity index (χ1n) is 5.14. The lowest BCUT2D eigenvalue weighted by Gasteiger charge is -2.34. The van der Waals surface area contributed by atoms with Gasteiger partial charge < -0.3 is 15.2 Å². The molecule has 1 aromatic rings. The van der Waals surface area contributed by atoms with Crippen molar-refractivity contribution < 1.29 is 9.32 Å². The Morgan fingerprint density at radius 1 is 1.73 bits per heavy atom. The molecule has 1 amide bonds. The summed E-state index contributed by atoms with van der Waals surface area (Å²) in [5.41, 5.74) is 5.92. The van der Waals surface area contributed by atoms with Crippen LogP contribution in [0.25, 0.3) is 0 Å². The highest BCUT2D eigenvalue weighted by Gasteiger charge is 2.28. The first-order chi connectivity index (χ1) is 7.18. The molecule has 1 aliphatic rings. The number of nitrogens with two attached hydrogens (primary N) is 1. The van der Waals surface area contributed by atoms with Gasteiger partial charge in [0.25, 0.3) is 5.91 Å². The van der Waals surface area contributed by atoms with Gasteiger partial charge in [0, 0.05) is 25.2 Å². The second-order valence-corrected chi connectivity index (χ2v) is 4.06. The lowest BCUT2D eigenvalue weighted by molar-refractivity contribution is 0.0631. The number of aromatic nitrogens is 1. The molecule has 0 aliphatic carbocycles. The monoisotopic (exact) mass is 209 g/mol. The molecular formula is C10H15N3O2. The van der Waals surface area contributed by atoms with E-state index in [1.165, 1.54) is 6.20 Å². The quantitative estimate of drug-likeness (QED) is 0.730. The minimum atomic E-state index is -0.116. The van der Waals surface area contributed by atoms with Crippen molar-refractivity contribution in [3.05, 3.63) is 18.0 Å². The number of amides is 1. The normalized spacial score (nSPS) is 26.7. The molecule has 2 rings (SSSR count). The Morgan fingerprint density at radius 2 is 2.53 bits per heavy atom. The molecule has 82 valence electrons. The Kier molecular flexibility index (Phi) is 2.73. The molecule has 2 unspecified atom stereocenters. The van der Waals surface area contributed by atoms with E-state index in [-0.39, 0.29) is 17.7 Å². The molecule has 1 saturated heterocycles. The average Bonchev–Trinajstić information content (AvgIpc) is 2.74. The molecule has 0 aromatic carbocycles. The van der Waals surface area contributed by atoms with Gasteiger partial charge in [0.05, 0.1) is 6.20 Å². The molecule has 5 nitrogen and oxygen atoms in total. The van der Waals surface area contributed by atoms with E-state index >= 15 is 0 Å². The molecule has 0 radical (unpaired) electrons. The van der Waals surface area contributed by atoms with E-state index in [4.69, 9.17) is 10.3 Å². The molecular weight excluding hydrogens is 194 g/mol. The number of carbonyl (C=O) groups excluding carboxylic acids is 1. The number of likely N-dealkylation sites (tertiary alicyclic amines) is 1. The summed E-state index contributed by atoms with van der Waals surface area (Å²) in [6, 6.07) is 1.64. The molecule has 0 bridgehead atoms. The van der Waals surface area contributed by atoms with Crippen LogP contribution in [0.4, 0.5) is 0 Å². The van der Waals surface area contributed by atoms with Crippen molar-refractivity contribution in [2.45, 2.75) is 19.4 Å². The minimum absolute atomic E-state index is 0.0608. The lowest BCUT2D eigenvalue weighted by Crippen LogP contribution is -2.49. The van der Waals surface area contributed by atoms with Gasteiger partial charge in [0.2, 0.25) is 5.76 Å². The van der Waals surface area contributed by atoms with Gasteiger partial charge in [-0.1, -0.05) is 12.1 Å². The lowest BCUT2D eigenvalue weighted by atomic mass is 9.94. The van der Waals surface area contributed by atoms with Crippen LogP contribution in [0.1, 0.15) is 23.9 Å². The highest BCUT2D eigenvalue weighted by atomic mass is 16.5. The Morgan fingerprint density at radius 3 is 3.13 bits per heavy atom. The molecule has 2 N–H and O–H groups in total. The molecule has 1 fully saturated rings. The largest absolute Gasteiger partial charge is 0.351 e. The van der Waals surface area contributed by atoms with Crippen LogP contribution in [0.2, 0.25) is 0 Å². The highest BCUT2D eigenvalue weighted by molar-refractivity contribution is 5.91. The van der Waals surface area contributed by atoms with Gasteiger partial charge in [-0.3, -0.25) is 4.79 Å². The zero-order chi connectivity index (χ0) is 10.8. The predicted octanol–water partition coefficient (Wildman–Crippen LogP) is 0.484. The van der Waals surface area contributed by atoms with Gasteiger partial charge in [-0.05, 0) is 12.3 Å². The SMILES string of the molecule is CC1CCN(C(=O)c2ccno2)CC1N. The smallest absolute Gasteiger partial charge is 0.292 e. The van der Waals surface area contributed by atoms with E-state index in [2.05, 4.69) is 12.1 Å². The molecule has 15 heavy (non-hydrogen) atoms. The molecule has 2 heterocycles. The summed E-state index contributed by atoms with van der Waals surface area (Å²) in [5, 5.41) is 3.52. The summed E-state index contributed by atoms with van der Waals surface area (Å²) >= 11 is 0. The van der Waals surface area contributed by atoms with Crippen molar-refractivity contribution in [1.29, 1.82) is 0 Å². The Balaban J connectivity index is 2.03. The predicted molar refractivity (Wildman–Crippen MR) is 54.2 cm³/mol. The fraction of sp³-hybridized carbons (Fsp3) is 0.600. The molecule has 1 aliphatic heterocycles. The number of piperidine rings is 1. The molecule has 2 atom stereocenters. The van der Waals surface area contributed by atoms with Crippen LogP contribution in [0.15, 0.2) is 16.8 Å². The molecule has 0 saturated carbocycles. The van der Waals surface area contributed by atoms with Crippen molar-refractivity contribution in [3.8, 4) is 0 Å². The standard InChI is InChI=1S/C10H15N3O2/c1-7-3-5-13(6-8(7)11)10(14)9-2-4-12-15-9/h2,4,7-8H,3,5-6,11H2,1H3. The second-order valence-electron chi connectivity index (χ2n) is 4.06. The van der Waals surface area contributed by atoms with Crippen molar-refractivity contribution in [2.24, 2.45) is 11.7 Å². The van der Waals surface area contributed by atoms with Gasteiger partial charge >= 0.3 is 0 Å². The second kappa shape index (κ2) is 4.02. The van der Waals surface area contributed by atoms with Crippen molar-refractivity contribution in [3.63, 3.8) is 0 Å². The Labute approximate surface area is 88.2 Å². The summed E-state index contributed by atoms with van der Waals surface area (Å²) < 4.78 is 4.83. The number of nitrogens with zero attached hydrogens (tertiary/aromatic N) is 2. The van der Waals surface area contributed by atoms with Crippen molar-refractivity contribution in [2.75, 3.05) is 13.1 Å². The van der Waals surface area contributed by atoms with Gasteiger partial charge in [-0.25, -0.2) is 0 Å². The molecule has 0 spiro atoms. The van der Waals surface area contributed by atoms with Gasteiger partial charge in [0.15, 0.2) is 0 Å². The first kappa shape index (κ1) is 10.2. The van der Waals surface area contributed by atoms with Crippen molar-refractivity contribution >= 4 is 5.91 Å². The maximum Gasteiger partial charge on any atom is 0.292 e. The van der Waals surface area contributed by atoms with Crippen molar-refractivity contribution in [1.82, 2.24) is 10.1 Å². The third-order valence-corrected chi connectivity index (χ3v) is 2.95. The van der Waals surface area contributed by atoms with Gasteiger partial charge in [-0.15, -0.1) is 0 Å². The van der Waals surface area contributed by atoms with Crippen LogP contribution in [-0.4, -0.2) is 35.1 Å². The number of carbonyl (C=O) groups is 1. The third-order valence-electron chi connectivity index (χ3n) is 2.95. The topological polar surface area (TPSA) is 72.4 Å². The van der Waals surface area contributed by atoms with Crippen LogP contribution in [0, 0.1) is 5.92 Å². The van der Waals surface area contributed by atoms with Crippen LogP contribution >= 0.6 is 0 Å². The fourth-order valence-corrected chi connectivity index (χ4v) is 1.77. The van der Waals surface area contributed by atoms with Crippen LogP contribution in [0.5, 0.6) is 0 Å². The van der Waals surface area contributed by atoms with E-state index in [1.54, 1.807) is 11.0 Å². The van der Waals surface area contributed by atoms with Crippen LogP contribution in [-0.2, 0) is 0 Å². The highest BCUT2D eigenvalue weighted by Crippen LogP contribution is 2.17. The first-order valence-corrected chi connectivity index (χ1v) is 5.14. The Bertz CT molecular complexity index is 336. The number of hydrogen-bond donors (Lipinski definition) is 1. The summed E-state index contributed by atoms with van der Waals surface area (Å²) in [5.74, 6) is 0.648. The maximum absolute atomic E-state index is 11.8. The number of hydrogen-bond acceptors (Lipinski definition) is 4. The van der Waals surface area contributed by atoms with E-state index in [0.717, 1.165) is 13.0 Å². The molecule has 5 heteroatoms. The summed E-state index contributed by atoms with van der Waals surface area (Å²) in [4.78, 5) is 13.6. The Hall–Kier alpha value is -1.36. The van der Waals surface area contributed by atoms with Gasteiger partial charge in [-0.2, -0.15) is 0 Å². The third kappa shape index (κ3) is 2.02. The van der Waals surface area contributed by atoms with Gasteiger partial charge in [0.1, 0.15) is 0 Å². The zero-order valence-electron chi connectivity index (χ0n) is 8.72. The average molecular weight is 209 g/mol. The fourth-order valence-electron chi connectivity index (χ4n) is 1.77. The summed E-state index contributed by atoms with van der Waals surface area (Å²) in [6.45, 7) is 3.45. The van der Waals surface area contributed by atoms with E-state index < -0.39 is 0 Å². The van der Waals surface area contributed by atoms with Crippen LogP contribution in [0.3, 0.4) is 0 Å². The summed E-state index contributed by atoms with van der Waals surface area (Å²) in [6.07, 6.45) is 2.42.